The Kier molecular flexibility index (Phi) is 6.36. The monoisotopic (exact) mass is 444 g/mol. The zero-order valence-corrected chi connectivity index (χ0v) is 18.7. The Bertz CT molecular complexity index is 1100. The molecular weight excluding hydrogens is 416 g/mol. The lowest BCUT2D eigenvalue weighted by molar-refractivity contribution is -0.133. The maximum Gasteiger partial charge on any atom is 0.261 e. The highest BCUT2D eigenvalue weighted by atomic mass is 16.5. The van der Waals surface area contributed by atoms with Crippen LogP contribution in [0.5, 0.6) is 5.75 Å². The molecule has 7 heteroatoms. The molecule has 2 aromatic carbocycles. The summed E-state index contributed by atoms with van der Waals surface area (Å²) < 4.78 is 5.77. The molecule has 170 valence electrons. The van der Waals surface area contributed by atoms with Crippen LogP contribution in [0.1, 0.15) is 35.2 Å². The Hall–Kier alpha value is -3.79. The smallest absolute Gasteiger partial charge is 0.261 e. The third-order valence-corrected chi connectivity index (χ3v) is 6.45. The molecule has 1 fully saturated rings. The van der Waals surface area contributed by atoms with Crippen molar-refractivity contribution in [3.63, 3.8) is 0 Å². The summed E-state index contributed by atoms with van der Waals surface area (Å²) in [6.07, 6.45) is 7.09. The molecule has 1 unspecified atom stereocenters. The fraction of sp³-hybridized carbons (Fsp3) is 0.346. The molecule has 0 bridgehead atoms. The molecule has 1 atom stereocenters. The minimum atomic E-state index is -1.13. The van der Waals surface area contributed by atoms with Crippen molar-refractivity contribution >= 4 is 17.8 Å². The maximum absolute atomic E-state index is 13.5. The van der Waals surface area contributed by atoms with Gasteiger partial charge in [0.2, 0.25) is 0 Å². The van der Waals surface area contributed by atoms with Gasteiger partial charge in [0.05, 0.1) is 6.61 Å². The Morgan fingerprint density at radius 3 is 2.58 bits per heavy atom. The van der Waals surface area contributed by atoms with Crippen molar-refractivity contribution < 1.29 is 14.3 Å². The number of nitrogens with two attached hydrogens (primary N) is 1. The van der Waals surface area contributed by atoms with Gasteiger partial charge < -0.3 is 15.4 Å². The normalized spacial score (nSPS) is 21.0. The fourth-order valence-corrected chi connectivity index (χ4v) is 4.67. The van der Waals surface area contributed by atoms with Crippen molar-refractivity contribution in [2.24, 2.45) is 16.6 Å². The molecule has 4 rings (SSSR count). The van der Waals surface area contributed by atoms with E-state index < -0.39 is 5.54 Å². The van der Waals surface area contributed by atoms with Gasteiger partial charge in [-0.2, -0.15) is 0 Å². The second-order valence-corrected chi connectivity index (χ2v) is 8.36. The SMILES string of the molecule is C#CCCOc1cccc(C2(C3CCN(C(=O)c4ccccc4)CC3)N=C(N)N(C)C2=O)c1. The summed E-state index contributed by atoms with van der Waals surface area (Å²) in [5, 5.41) is 0. The van der Waals surface area contributed by atoms with Gasteiger partial charge in [-0.05, 0) is 42.7 Å². The maximum atomic E-state index is 13.5. The Labute approximate surface area is 194 Å². The van der Waals surface area contributed by atoms with E-state index >= 15 is 0 Å². The van der Waals surface area contributed by atoms with Crippen molar-refractivity contribution in [2.75, 3.05) is 26.7 Å². The molecule has 2 amide bonds. The topological polar surface area (TPSA) is 88.2 Å². The number of ether oxygens (including phenoxy) is 1. The fourth-order valence-electron chi connectivity index (χ4n) is 4.67. The highest BCUT2D eigenvalue weighted by Crippen LogP contribution is 2.45. The number of likely N-dealkylation sites (tertiary alicyclic amines) is 1. The van der Waals surface area contributed by atoms with E-state index in [1.807, 2.05) is 59.5 Å². The summed E-state index contributed by atoms with van der Waals surface area (Å²) in [7, 11) is 1.64. The van der Waals surface area contributed by atoms with Gasteiger partial charge in [0.25, 0.3) is 11.8 Å². The zero-order valence-electron chi connectivity index (χ0n) is 18.7. The minimum Gasteiger partial charge on any atom is -0.493 e. The number of benzene rings is 2. The van der Waals surface area contributed by atoms with E-state index in [1.165, 1.54) is 4.90 Å². The van der Waals surface area contributed by atoms with Gasteiger partial charge in [-0.25, -0.2) is 4.99 Å². The molecule has 1 saturated heterocycles. The molecular formula is C26H28N4O3. The standard InChI is InChI=1S/C26H28N4O3/c1-3-4-17-33-22-12-8-11-21(18-22)26(24(32)29(2)25(27)28-26)20-13-15-30(16-14-20)23(31)19-9-6-5-7-10-19/h1,5-12,18,20H,4,13-17H2,2H3,(H2,27,28). The van der Waals surface area contributed by atoms with E-state index in [-0.39, 0.29) is 23.7 Å². The van der Waals surface area contributed by atoms with Crippen LogP contribution >= 0.6 is 0 Å². The van der Waals surface area contributed by atoms with Crippen LogP contribution in [0.15, 0.2) is 59.6 Å². The molecule has 0 aliphatic carbocycles. The van der Waals surface area contributed by atoms with Gasteiger partial charge in [-0.3, -0.25) is 14.5 Å². The van der Waals surface area contributed by atoms with Crippen molar-refractivity contribution in [1.29, 1.82) is 0 Å². The van der Waals surface area contributed by atoms with Gasteiger partial charge in [0.15, 0.2) is 11.5 Å². The number of hydrogen-bond acceptors (Lipinski definition) is 5. The lowest BCUT2D eigenvalue weighted by Crippen LogP contribution is -2.49. The van der Waals surface area contributed by atoms with Crippen LogP contribution in [0.4, 0.5) is 0 Å². The number of likely N-dealkylation sites (N-methyl/N-ethyl adjacent to an activating group) is 1. The molecule has 2 aliphatic heterocycles. The number of rotatable bonds is 6. The van der Waals surface area contributed by atoms with Crippen LogP contribution in [0.2, 0.25) is 0 Å². The van der Waals surface area contributed by atoms with Crippen LogP contribution in [0, 0.1) is 18.3 Å². The molecule has 2 heterocycles. The molecule has 33 heavy (non-hydrogen) atoms. The van der Waals surface area contributed by atoms with Crippen LogP contribution in [-0.4, -0.2) is 54.3 Å². The van der Waals surface area contributed by atoms with Crippen LogP contribution in [-0.2, 0) is 10.3 Å². The Balaban J connectivity index is 1.60. The average molecular weight is 445 g/mol. The summed E-state index contributed by atoms with van der Waals surface area (Å²) in [5.41, 5.74) is 6.39. The molecule has 0 aromatic heterocycles. The quantitative estimate of drug-likeness (QED) is 0.548. The van der Waals surface area contributed by atoms with E-state index in [1.54, 1.807) is 7.05 Å². The van der Waals surface area contributed by atoms with Gasteiger partial charge in [-0.1, -0.05) is 30.3 Å². The number of piperidine rings is 1. The number of carbonyl (C=O) groups is 2. The van der Waals surface area contributed by atoms with Gasteiger partial charge in [-0.15, -0.1) is 12.3 Å². The lowest BCUT2D eigenvalue weighted by atomic mass is 9.73. The summed E-state index contributed by atoms with van der Waals surface area (Å²) in [6, 6.07) is 16.7. The van der Waals surface area contributed by atoms with Crippen molar-refractivity contribution in [2.45, 2.75) is 24.8 Å². The largest absolute Gasteiger partial charge is 0.493 e. The first-order valence-electron chi connectivity index (χ1n) is 11.1. The van der Waals surface area contributed by atoms with Crippen molar-refractivity contribution in [1.82, 2.24) is 9.80 Å². The lowest BCUT2D eigenvalue weighted by Gasteiger charge is -2.40. The molecule has 2 aromatic rings. The van der Waals surface area contributed by atoms with E-state index in [0.717, 1.165) is 5.56 Å². The summed E-state index contributed by atoms with van der Waals surface area (Å²) in [5.74, 6) is 3.13. The third kappa shape index (κ3) is 4.17. The first-order chi connectivity index (χ1) is 16.0. The number of amides is 2. The minimum absolute atomic E-state index is 0.00453. The number of guanidine groups is 1. The molecule has 0 radical (unpaired) electrons. The molecule has 2 aliphatic rings. The summed E-state index contributed by atoms with van der Waals surface area (Å²) in [6.45, 7) is 1.49. The number of aliphatic imine (C=N–C) groups is 1. The van der Waals surface area contributed by atoms with Crippen LogP contribution in [0.3, 0.4) is 0 Å². The second kappa shape index (κ2) is 9.37. The Morgan fingerprint density at radius 2 is 1.94 bits per heavy atom. The van der Waals surface area contributed by atoms with Crippen LogP contribution < -0.4 is 10.5 Å². The van der Waals surface area contributed by atoms with Crippen LogP contribution in [0.25, 0.3) is 0 Å². The number of nitrogens with zero attached hydrogens (tertiary/aromatic N) is 3. The van der Waals surface area contributed by atoms with Gasteiger partial charge in [0, 0.05) is 38.0 Å². The second-order valence-electron chi connectivity index (χ2n) is 8.36. The molecule has 2 N–H and O–H groups in total. The van der Waals surface area contributed by atoms with E-state index in [9.17, 15) is 9.59 Å². The van der Waals surface area contributed by atoms with Crippen molar-refractivity contribution in [3.8, 4) is 18.1 Å². The van der Waals surface area contributed by atoms with E-state index in [0.29, 0.717) is 50.3 Å². The summed E-state index contributed by atoms with van der Waals surface area (Å²) >= 11 is 0. The predicted octanol–water partition coefficient (Wildman–Crippen LogP) is 2.62. The van der Waals surface area contributed by atoms with Gasteiger partial charge in [0.1, 0.15) is 5.75 Å². The number of carbonyl (C=O) groups excluding carboxylic acids is 2. The van der Waals surface area contributed by atoms with E-state index in [4.69, 9.17) is 21.9 Å². The number of terminal acetylenes is 1. The van der Waals surface area contributed by atoms with E-state index in [2.05, 4.69) is 5.92 Å². The molecule has 7 nitrogen and oxygen atoms in total. The predicted molar refractivity (Wildman–Crippen MR) is 127 cm³/mol. The highest BCUT2D eigenvalue weighted by Gasteiger charge is 2.54. The Morgan fingerprint density at radius 1 is 1.21 bits per heavy atom. The molecule has 0 spiro atoms. The highest BCUT2D eigenvalue weighted by molar-refractivity contribution is 6.07. The van der Waals surface area contributed by atoms with Crippen molar-refractivity contribution in [3.05, 3.63) is 65.7 Å². The summed E-state index contributed by atoms with van der Waals surface area (Å²) in [4.78, 5) is 34.4. The number of hydrogen-bond donors (Lipinski definition) is 1. The molecule has 0 saturated carbocycles. The first-order valence-corrected chi connectivity index (χ1v) is 11.1. The first kappa shape index (κ1) is 22.4. The zero-order chi connectivity index (χ0) is 23.4. The average Bonchev–Trinajstić information content (AvgIpc) is 3.09. The van der Waals surface area contributed by atoms with Gasteiger partial charge >= 0.3 is 0 Å². The third-order valence-electron chi connectivity index (χ3n) is 6.45.